The lowest BCUT2D eigenvalue weighted by atomic mass is 9.92. The number of hydrogen-bond acceptors (Lipinski definition) is 8. The maximum atomic E-state index is 9.82. The third-order valence-electron chi connectivity index (χ3n) is 5.09. The monoisotopic (exact) mass is 408 g/mol. The molecule has 8 heteroatoms. The van der Waals surface area contributed by atoms with E-state index in [0.29, 0.717) is 59.4 Å². The summed E-state index contributed by atoms with van der Waals surface area (Å²) in [5, 5.41) is 29.4. The Morgan fingerprint density at radius 3 is 2.41 bits per heavy atom. The highest BCUT2D eigenvalue weighted by atomic mass is 32.2. The second-order valence-corrected chi connectivity index (χ2v) is 8.26. The minimum atomic E-state index is -0.280. The molecule has 0 amide bonds. The highest BCUT2D eigenvalue weighted by Crippen LogP contribution is 2.37. The zero-order valence-electron chi connectivity index (χ0n) is 15.7. The van der Waals surface area contributed by atoms with Crippen molar-refractivity contribution >= 4 is 17.6 Å². The maximum absolute atomic E-state index is 9.82. The van der Waals surface area contributed by atoms with E-state index in [9.17, 15) is 15.6 Å². The molecule has 0 atom stereocenters. The highest BCUT2D eigenvalue weighted by molar-refractivity contribution is 7.99. The molecule has 1 aromatic carbocycles. The van der Waals surface area contributed by atoms with Gasteiger partial charge in [-0.15, -0.1) is 11.8 Å². The van der Waals surface area contributed by atoms with Crippen LogP contribution in [0.4, 0.5) is 5.82 Å². The van der Waals surface area contributed by atoms with Crippen LogP contribution < -0.4 is 10.5 Å². The Balaban J connectivity index is 1.64. The first-order valence-corrected chi connectivity index (χ1v) is 10.4. The van der Waals surface area contributed by atoms with Gasteiger partial charge in [0.05, 0.1) is 24.9 Å². The molecular formula is C21H20N4O3S. The van der Waals surface area contributed by atoms with E-state index < -0.39 is 0 Å². The average molecular weight is 408 g/mol. The Morgan fingerprint density at radius 2 is 1.86 bits per heavy atom. The van der Waals surface area contributed by atoms with Crippen molar-refractivity contribution in [3.63, 3.8) is 0 Å². The van der Waals surface area contributed by atoms with Gasteiger partial charge in [0.1, 0.15) is 40.4 Å². The normalized spacial score (nSPS) is 20.8. The molecule has 29 heavy (non-hydrogen) atoms. The summed E-state index contributed by atoms with van der Waals surface area (Å²) < 4.78 is 11.0. The number of pyridine rings is 1. The molecule has 3 N–H and O–H groups in total. The van der Waals surface area contributed by atoms with Crippen molar-refractivity contribution in [2.75, 3.05) is 24.7 Å². The molecule has 2 aliphatic rings. The minimum Gasteiger partial charge on any atom is -0.490 e. The van der Waals surface area contributed by atoms with Crippen molar-refractivity contribution in [2.45, 2.75) is 30.1 Å². The quantitative estimate of drug-likeness (QED) is 0.699. The van der Waals surface area contributed by atoms with E-state index in [1.807, 2.05) is 12.1 Å². The van der Waals surface area contributed by atoms with Crippen LogP contribution in [0.15, 0.2) is 29.3 Å². The fourth-order valence-electron chi connectivity index (χ4n) is 3.30. The summed E-state index contributed by atoms with van der Waals surface area (Å²) in [5.41, 5.74) is 7.82. The smallest absolute Gasteiger partial charge is 0.143 e. The number of aliphatic hydroxyl groups excluding tert-OH is 1. The number of hydrogen-bond donors (Lipinski definition) is 2. The summed E-state index contributed by atoms with van der Waals surface area (Å²) in [6.45, 7) is 1.43. The molecule has 1 aliphatic heterocycles. The number of thioether (sulfide) groups is 1. The van der Waals surface area contributed by atoms with Crippen LogP contribution >= 0.6 is 11.8 Å². The molecule has 1 aliphatic carbocycles. The van der Waals surface area contributed by atoms with E-state index in [2.05, 4.69) is 17.1 Å². The van der Waals surface area contributed by atoms with E-state index in [-0.39, 0.29) is 23.6 Å². The van der Waals surface area contributed by atoms with Gasteiger partial charge in [-0.3, -0.25) is 0 Å². The lowest BCUT2D eigenvalue weighted by Gasteiger charge is -2.31. The van der Waals surface area contributed by atoms with Gasteiger partial charge in [0, 0.05) is 30.1 Å². The number of anilines is 1. The third kappa shape index (κ3) is 4.01. The van der Waals surface area contributed by atoms with Gasteiger partial charge in [0.15, 0.2) is 0 Å². The summed E-state index contributed by atoms with van der Waals surface area (Å²) in [7, 11) is 0. The van der Waals surface area contributed by atoms with Crippen molar-refractivity contribution in [1.29, 1.82) is 10.5 Å². The van der Waals surface area contributed by atoms with Gasteiger partial charge in [-0.1, -0.05) is 12.1 Å². The fourth-order valence-corrected chi connectivity index (χ4v) is 4.34. The Hall–Kier alpha value is -2.78. The minimum absolute atomic E-state index is 0.0234. The van der Waals surface area contributed by atoms with E-state index in [1.165, 1.54) is 11.8 Å². The zero-order chi connectivity index (χ0) is 20.4. The molecule has 0 spiro atoms. The first-order valence-electron chi connectivity index (χ1n) is 9.38. The van der Waals surface area contributed by atoms with Crippen molar-refractivity contribution in [1.82, 2.24) is 4.98 Å². The van der Waals surface area contributed by atoms with Gasteiger partial charge in [-0.05, 0) is 17.7 Å². The predicted molar refractivity (Wildman–Crippen MR) is 108 cm³/mol. The number of nitrogens with zero attached hydrogens (tertiary/aromatic N) is 3. The van der Waals surface area contributed by atoms with Crippen molar-refractivity contribution < 1.29 is 14.6 Å². The largest absolute Gasteiger partial charge is 0.490 e. The van der Waals surface area contributed by atoms with E-state index >= 15 is 0 Å². The summed E-state index contributed by atoms with van der Waals surface area (Å²) in [6.07, 6.45) is 1.01. The zero-order valence-corrected chi connectivity index (χ0v) is 16.5. The molecule has 2 aromatic rings. The Morgan fingerprint density at radius 1 is 1.17 bits per heavy atom. The fraction of sp³-hybridized carbons (Fsp3) is 0.381. The Labute approximate surface area is 173 Å². The summed E-state index contributed by atoms with van der Waals surface area (Å²) in [5.74, 6) is 2.03. The lowest BCUT2D eigenvalue weighted by molar-refractivity contribution is -0.0196. The molecule has 2 heterocycles. The average Bonchev–Trinajstić information content (AvgIpc) is 2.65. The van der Waals surface area contributed by atoms with Gasteiger partial charge in [-0.25, -0.2) is 4.98 Å². The van der Waals surface area contributed by atoms with Gasteiger partial charge in [-0.2, -0.15) is 10.5 Å². The van der Waals surface area contributed by atoms with E-state index in [1.54, 1.807) is 12.1 Å². The van der Waals surface area contributed by atoms with Crippen LogP contribution in [-0.4, -0.2) is 41.3 Å². The first-order chi connectivity index (χ1) is 14.1. The summed E-state index contributed by atoms with van der Waals surface area (Å²) in [4.78, 5) is 4.32. The van der Waals surface area contributed by atoms with Crippen LogP contribution in [0, 0.1) is 28.6 Å². The maximum Gasteiger partial charge on any atom is 0.143 e. The number of rotatable bonds is 6. The molecule has 0 unspecified atom stereocenters. The van der Waals surface area contributed by atoms with Crippen molar-refractivity contribution in [3.05, 3.63) is 35.4 Å². The van der Waals surface area contributed by atoms with Crippen LogP contribution in [0.2, 0.25) is 0 Å². The number of benzene rings is 1. The van der Waals surface area contributed by atoms with Crippen LogP contribution in [0.3, 0.4) is 0 Å². The molecule has 1 aromatic heterocycles. The molecule has 1 saturated carbocycles. The second kappa shape index (κ2) is 8.30. The molecular weight excluding hydrogens is 388 g/mol. The van der Waals surface area contributed by atoms with Crippen LogP contribution in [0.25, 0.3) is 11.1 Å². The Bertz CT molecular complexity index is 987. The third-order valence-corrected chi connectivity index (χ3v) is 6.30. The number of aromatic nitrogens is 1. The molecule has 148 valence electrons. The SMILES string of the molecule is N#Cc1c(N)nc(SCC2COC2)c(C#N)c1-c1ccc(OC2CC(O)C2)cc1. The van der Waals surface area contributed by atoms with Crippen LogP contribution in [0.1, 0.15) is 24.0 Å². The van der Waals surface area contributed by atoms with Crippen LogP contribution in [-0.2, 0) is 4.74 Å². The summed E-state index contributed by atoms with van der Waals surface area (Å²) >= 11 is 1.47. The van der Waals surface area contributed by atoms with Gasteiger partial charge < -0.3 is 20.3 Å². The predicted octanol–water partition coefficient (Wildman–Crippen LogP) is 2.71. The van der Waals surface area contributed by atoms with Crippen molar-refractivity contribution in [2.24, 2.45) is 5.92 Å². The lowest BCUT2D eigenvalue weighted by Crippen LogP contribution is -2.37. The number of nitrogens with two attached hydrogens (primary N) is 1. The number of nitrogen functional groups attached to an aromatic ring is 1. The van der Waals surface area contributed by atoms with E-state index in [4.69, 9.17) is 15.2 Å². The summed E-state index contributed by atoms with van der Waals surface area (Å²) in [6, 6.07) is 11.5. The first kappa shape index (κ1) is 19.5. The van der Waals surface area contributed by atoms with Crippen molar-refractivity contribution in [3.8, 4) is 29.0 Å². The molecule has 4 rings (SSSR count). The number of ether oxygens (including phenoxy) is 2. The van der Waals surface area contributed by atoms with E-state index in [0.717, 1.165) is 5.75 Å². The Kier molecular flexibility index (Phi) is 5.59. The van der Waals surface area contributed by atoms with Gasteiger partial charge in [0.2, 0.25) is 0 Å². The second-order valence-electron chi connectivity index (χ2n) is 7.25. The van der Waals surface area contributed by atoms with Gasteiger partial charge in [0.25, 0.3) is 0 Å². The topological polar surface area (TPSA) is 125 Å². The standard InChI is InChI=1S/C21H20N4O3S/c22-7-17-19(13-1-3-15(4-2-13)28-16-5-14(26)6-16)18(8-23)21(25-20(17)24)29-11-12-9-27-10-12/h1-4,12,14,16,26H,5-6,9-11H2,(H2,24,25). The molecule has 2 fully saturated rings. The highest BCUT2D eigenvalue weighted by Gasteiger charge is 2.29. The molecule has 0 radical (unpaired) electrons. The number of nitriles is 2. The molecule has 7 nitrogen and oxygen atoms in total. The molecule has 1 saturated heterocycles. The van der Waals surface area contributed by atoms with Crippen LogP contribution in [0.5, 0.6) is 5.75 Å². The van der Waals surface area contributed by atoms with Gasteiger partial charge >= 0.3 is 0 Å². The molecule has 0 bridgehead atoms. The number of aliphatic hydroxyl groups is 1.